The van der Waals surface area contributed by atoms with Crippen molar-refractivity contribution in [3.05, 3.63) is 89.7 Å². The molecule has 0 amide bonds. The number of rotatable bonds is 3. The first-order valence-corrected chi connectivity index (χ1v) is 9.99. The first-order valence-electron chi connectivity index (χ1n) is 9.99. The number of hydrogen-bond acceptors (Lipinski definition) is 3. The maximum absolute atomic E-state index is 9.80. The molecule has 5 aromatic rings. The zero-order chi connectivity index (χ0) is 21.3. The molecule has 152 valence electrons. The van der Waals surface area contributed by atoms with E-state index in [1.807, 2.05) is 50.5 Å². The number of H-pyrrole nitrogens is 2. The first-order chi connectivity index (χ1) is 14.6. The Kier molecular flexibility index (Phi) is 5.11. The Morgan fingerprint density at radius 2 is 1.03 bits per heavy atom. The Hall–Kier alpha value is -3.86. The topological polar surface area (TPSA) is 92.3 Å². The van der Waals surface area contributed by atoms with Gasteiger partial charge in [-0.05, 0) is 53.1 Å². The van der Waals surface area contributed by atoms with Gasteiger partial charge in [-0.2, -0.15) is 0 Å². The van der Waals surface area contributed by atoms with Gasteiger partial charge in [-0.25, -0.2) is 0 Å². The molecule has 0 saturated carbocycles. The minimum absolute atomic E-state index is 0.0998. The van der Waals surface area contributed by atoms with Crippen molar-refractivity contribution in [2.75, 3.05) is 0 Å². The van der Waals surface area contributed by atoms with Gasteiger partial charge in [0.15, 0.2) is 0 Å². The van der Waals surface area contributed by atoms with E-state index in [9.17, 15) is 15.3 Å². The summed E-state index contributed by atoms with van der Waals surface area (Å²) in [5.74, 6) is 0.543. The van der Waals surface area contributed by atoms with Crippen molar-refractivity contribution in [3.8, 4) is 17.2 Å². The summed E-state index contributed by atoms with van der Waals surface area (Å²) in [7, 11) is 0. The number of hydrogen-bond donors (Lipinski definition) is 5. The van der Waals surface area contributed by atoms with Crippen LogP contribution >= 0.6 is 0 Å². The fraction of sp³-hybridized carbons (Fsp3) is 0.120. The quantitative estimate of drug-likeness (QED) is 0.258. The largest absolute Gasteiger partial charge is 0.508 e. The number of phenols is 3. The van der Waals surface area contributed by atoms with E-state index in [1.165, 1.54) is 0 Å². The molecule has 2 heterocycles. The average molecular weight is 400 g/mol. The molecule has 0 radical (unpaired) electrons. The van der Waals surface area contributed by atoms with Gasteiger partial charge in [0.25, 0.3) is 0 Å². The van der Waals surface area contributed by atoms with Gasteiger partial charge in [0, 0.05) is 52.3 Å². The van der Waals surface area contributed by atoms with Gasteiger partial charge < -0.3 is 25.3 Å². The standard InChI is InChI=1S/C23H18N2O3.C2H6/c26-14-3-1-13(2-4-14)23(19-11-24-21-9-15(27)5-7-17(19)21)20-12-25-22-10-16(28)6-8-18(20)22;1-2/h1-12,23-28H;1-2H3. The van der Waals surface area contributed by atoms with Crippen LogP contribution in [0.2, 0.25) is 0 Å². The summed E-state index contributed by atoms with van der Waals surface area (Å²) >= 11 is 0. The molecular weight excluding hydrogens is 376 g/mol. The third-order valence-electron chi connectivity index (χ3n) is 5.24. The summed E-state index contributed by atoms with van der Waals surface area (Å²) < 4.78 is 0. The lowest BCUT2D eigenvalue weighted by atomic mass is 9.85. The van der Waals surface area contributed by atoms with Crippen LogP contribution < -0.4 is 0 Å². The number of fused-ring (bicyclic) bond motifs is 2. The monoisotopic (exact) mass is 400 g/mol. The Balaban J connectivity index is 0.00000106. The second-order valence-electron chi connectivity index (χ2n) is 6.97. The zero-order valence-electron chi connectivity index (χ0n) is 16.8. The van der Waals surface area contributed by atoms with E-state index >= 15 is 0 Å². The molecule has 5 N–H and O–H groups in total. The highest BCUT2D eigenvalue weighted by atomic mass is 16.3. The van der Waals surface area contributed by atoms with Crippen molar-refractivity contribution in [1.82, 2.24) is 9.97 Å². The van der Waals surface area contributed by atoms with Gasteiger partial charge in [-0.15, -0.1) is 0 Å². The predicted octanol–water partition coefficient (Wildman–Crippen LogP) is 5.97. The van der Waals surface area contributed by atoms with Crippen LogP contribution in [0.15, 0.2) is 73.1 Å². The summed E-state index contributed by atoms with van der Waals surface area (Å²) in [6.45, 7) is 4.00. The summed E-state index contributed by atoms with van der Waals surface area (Å²) in [5, 5.41) is 31.4. The normalized spacial score (nSPS) is 11.0. The highest BCUT2D eigenvalue weighted by molar-refractivity contribution is 5.90. The molecule has 0 aliphatic heterocycles. The van der Waals surface area contributed by atoms with Crippen molar-refractivity contribution in [1.29, 1.82) is 0 Å². The fourth-order valence-corrected chi connectivity index (χ4v) is 3.94. The predicted molar refractivity (Wildman–Crippen MR) is 120 cm³/mol. The van der Waals surface area contributed by atoms with Crippen LogP contribution in [0.3, 0.4) is 0 Å². The van der Waals surface area contributed by atoms with Crippen LogP contribution in [-0.4, -0.2) is 25.3 Å². The van der Waals surface area contributed by atoms with E-state index in [-0.39, 0.29) is 23.2 Å². The smallest absolute Gasteiger partial charge is 0.117 e. The van der Waals surface area contributed by atoms with E-state index in [0.717, 1.165) is 38.5 Å². The van der Waals surface area contributed by atoms with Crippen LogP contribution in [0.25, 0.3) is 21.8 Å². The van der Waals surface area contributed by atoms with Crippen molar-refractivity contribution in [2.24, 2.45) is 0 Å². The zero-order valence-corrected chi connectivity index (χ0v) is 16.8. The summed E-state index contributed by atoms with van der Waals surface area (Å²) in [6.07, 6.45) is 3.92. The molecule has 3 aromatic carbocycles. The summed E-state index contributed by atoms with van der Waals surface area (Å²) in [4.78, 5) is 6.50. The van der Waals surface area contributed by atoms with E-state index in [4.69, 9.17) is 0 Å². The Labute approximate surface area is 174 Å². The number of aromatic nitrogens is 2. The van der Waals surface area contributed by atoms with Crippen LogP contribution in [0.5, 0.6) is 17.2 Å². The molecular formula is C25H24N2O3. The van der Waals surface area contributed by atoms with Crippen molar-refractivity contribution in [2.45, 2.75) is 19.8 Å². The van der Waals surface area contributed by atoms with E-state index in [2.05, 4.69) is 9.97 Å². The lowest BCUT2D eigenvalue weighted by Crippen LogP contribution is -2.02. The maximum Gasteiger partial charge on any atom is 0.117 e. The van der Waals surface area contributed by atoms with Gasteiger partial charge in [0.05, 0.1) is 0 Å². The number of phenolic OH excluding ortho intramolecular Hbond substituents is 3. The third kappa shape index (κ3) is 3.35. The molecule has 5 rings (SSSR count). The van der Waals surface area contributed by atoms with Crippen LogP contribution in [0.1, 0.15) is 36.5 Å². The molecule has 0 unspecified atom stereocenters. The third-order valence-corrected chi connectivity index (χ3v) is 5.24. The van der Waals surface area contributed by atoms with Crippen molar-refractivity contribution >= 4 is 21.8 Å². The molecule has 2 aromatic heterocycles. The van der Waals surface area contributed by atoms with Crippen molar-refractivity contribution < 1.29 is 15.3 Å². The van der Waals surface area contributed by atoms with E-state index < -0.39 is 0 Å². The molecule has 0 saturated heterocycles. The second kappa shape index (κ2) is 7.87. The number of aromatic amines is 2. The molecule has 0 aliphatic carbocycles. The summed E-state index contributed by atoms with van der Waals surface area (Å²) in [6, 6.07) is 17.8. The average Bonchev–Trinajstić information content (AvgIpc) is 3.35. The van der Waals surface area contributed by atoms with Gasteiger partial charge in [-0.3, -0.25) is 0 Å². The number of aromatic hydroxyl groups is 3. The molecule has 0 bridgehead atoms. The molecule has 30 heavy (non-hydrogen) atoms. The Morgan fingerprint density at radius 1 is 0.600 bits per heavy atom. The SMILES string of the molecule is CC.Oc1ccc(C(c2c[nH]c3cc(O)ccc23)c2c[nH]c3cc(O)ccc23)cc1. The summed E-state index contributed by atoms with van der Waals surface area (Å²) in [5.41, 5.74) is 4.87. The first kappa shape index (κ1) is 19.5. The molecule has 0 aliphatic rings. The van der Waals surface area contributed by atoms with E-state index in [0.29, 0.717) is 0 Å². The second-order valence-corrected chi connectivity index (χ2v) is 6.97. The van der Waals surface area contributed by atoms with Crippen molar-refractivity contribution in [3.63, 3.8) is 0 Å². The van der Waals surface area contributed by atoms with E-state index in [1.54, 1.807) is 36.4 Å². The lowest BCUT2D eigenvalue weighted by molar-refractivity contribution is 0.474. The van der Waals surface area contributed by atoms with Crippen LogP contribution in [0.4, 0.5) is 0 Å². The molecule has 5 heteroatoms. The minimum atomic E-state index is -0.0998. The van der Waals surface area contributed by atoms with Gasteiger partial charge in [-0.1, -0.05) is 26.0 Å². The highest BCUT2D eigenvalue weighted by Crippen LogP contribution is 2.40. The Morgan fingerprint density at radius 3 is 1.50 bits per heavy atom. The molecule has 0 fully saturated rings. The molecule has 5 nitrogen and oxygen atoms in total. The fourth-order valence-electron chi connectivity index (χ4n) is 3.94. The highest BCUT2D eigenvalue weighted by Gasteiger charge is 2.23. The van der Waals surface area contributed by atoms with Gasteiger partial charge in [0.1, 0.15) is 17.2 Å². The Bertz CT molecular complexity index is 1220. The minimum Gasteiger partial charge on any atom is -0.508 e. The van der Waals surface area contributed by atoms with Gasteiger partial charge in [0.2, 0.25) is 0 Å². The van der Waals surface area contributed by atoms with Crippen LogP contribution in [-0.2, 0) is 0 Å². The maximum atomic E-state index is 9.80. The molecule has 0 spiro atoms. The van der Waals surface area contributed by atoms with Crippen LogP contribution in [0, 0.1) is 0 Å². The lowest BCUT2D eigenvalue weighted by Gasteiger charge is -2.17. The number of benzene rings is 3. The van der Waals surface area contributed by atoms with Gasteiger partial charge >= 0.3 is 0 Å². The molecule has 0 atom stereocenters. The number of nitrogens with one attached hydrogen (secondary N) is 2.